The Hall–Kier alpha value is -0.860. The number of nitrogens with zero attached hydrogens (tertiary/aromatic N) is 1. The van der Waals surface area contributed by atoms with E-state index in [1.54, 1.807) is 0 Å². The van der Waals surface area contributed by atoms with Gasteiger partial charge in [-0.05, 0) is 25.7 Å². The first kappa shape index (κ1) is 17.2. The molecule has 0 aliphatic heterocycles. The van der Waals surface area contributed by atoms with E-state index in [9.17, 15) is 8.42 Å². The minimum Gasteiger partial charge on any atom is -0.311 e. The van der Waals surface area contributed by atoms with Gasteiger partial charge in [0.2, 0.25) is 0 Å². The molecule has 0 heterocycles. The summed E-state index contributed by atoms with van der Waals surface area (Å²) in [7, 11) is -3.32. The standard InChI is InChI=1S/C15H26N2O2S/c1-11(10-16)15(20(4,18)19)12(2)13(3)17-14-8-6-5-7-9-14/h12-15,17H,1,5-9H2,2-4H3/t12-,13+,15?/m0/s1. The highest BCUT2D eigenvalue weighted by Gasteiger charge is 2.34. The SMILES string of the molecule is C=C(C#N)C([C@@H](C)[C@@H](C)NC1CCCCC1)S(C)(=O)=O. The summed E-state index contributed by atoms with van der Waals surface area (Å²) < 4.78 is 23.9. The van der Waals surface area contributed by atoms with Crippen molar-refractivity contribution < 1.29 is 8.42 Å². The van der Waals surface area contributed by atoms with Crippen molar-refractivity contribution in [1.82, 2.24) is 5.32 Å². The maximum atomic E-state index is 11.9. The van der Waals surface area contributed by atoms with E-state index in [2.05, 4.69) is 11.9 Å². The van der Waals surface area contributed by atoms with Crippen LogP contribution < -0.4 is 5.32 Å². The van der Waals surface area contributed by atoms with Gasteiger partial charge in [-0.3, -0.25) is 0 Å². The van der Waals surface area contributed by atoms with Crippen LogP contribution in [0.1, 0.15) is 46.0 Å². The molecule has 0 bridgehead atoms. The van der Waals surface area contributed by atoms with Crippen LogP contribution in [0.4, 0.5) is 0 Å². The van der Waals surface area contributed by atoms with E-state index in [4.69, 9.17) is 5.26 Å². The van der Waals surface area contributed by atoms with Gasteiger partial charge in [-0.2, -0.15) is 5.26 Å². The molecular weight excluding hydrogens is 272 g/mol. The zero-order valence-corrected chi connectivity index (χ0v) is 13.5. The number of nitrogens with one attached hydrogen (secondary N) is 1. The molecule has 0 aromatic carbocycles. The molecule has 5 heteroatoms. The molecular formula is C15H26N2O2S. The quantitative estimate of drug-likeness (QED) is 0.765. The maximum absolute atomic E-state index is 11.9. The molecule has 0 radical (unpaired) electrons. The lowest BCUT2D eigenvalue weighted by Gasteiger charge is -2.32. The number of hydrogen-bond acceptors (Lipinski definition) is 4. The van der Waals surface area contributed by atoms with Gasteiger partial charge in [0.1, 0.15) is 0 Å². The molecule has 1 rings (SSSR count). The summed E-state index contributed by atoms with van der Waals surface area (Å²) in [5.41, 5.74) is 0.136. The second kappa shape index (κ2) is 7.24. The van der Waals surface area contributed by atoms with Crippen molar-refractivity contribution in [2.75, 3.05) is 6.26 Å². The van der Waals surface area contributed by atoms with Crippen LogP contribution in [0.15, 0.2) is 12.2 Å². The lowest BCUT2D eigenvalue weighted by atomic mass is 9.91. The minimum atomic E-state index is -3.32. The van der Waals surface area contributed by atoms with Crippen LogP contribution in [0.3, 0.4) is 0 Å². The van der Waals surface area contributed by atoms with E-state index in [0.717, 1.165) is 12.8 Å². The van der Waals surface area contributed by atoms with Gasteiger partial charge in [-0.1, -0.05) is 32.8 Å². The van der Waals surface area contributed by atoms with Crippen LogP contribution in [0.25, 0.3) is 0 Å². The maximum Gasteiger partial charge on any atom is 0.155 e. The highest BCUT2D eigenvalue weighted by Crippen LogP contribution is 2.24. The Bertz CT molecular complexity index is 473. The van der Waals surface area contributed by atoms with Crippen molar-refractivity contribution in [3.8, 4) is 6.07 Å². The van der Waals surface area contributed by atoms with E-state index in [1.165, 1.54) is 25.5 Å². The third-order valence-corrected chi connectivity index (χ3v) is 5.95. The van der Waals surface area contributed by atoms with Gasteiger partial charge in [0, 0.05) is 23.9 Å². The second-order valence-electron chi connectivity index (χ2n) is 6.04. The molecule has 0 spiro atoms. The molecule has 1 N–H and O–H groups in total. The largest absolute Gasteiger partial charge is 0.311 e. The highest BCUT2D eigenvalue weighted by atomic mass is 32.2. The fourth-order valence-electron chi connectivity index (χ4n) is 3.08. The Morgan fingerprint density at radius 1 is 1.30 bits per heavy atom. The van der Waals surface area contributed by atoms with E-state index >= 15 is 0 Å². The predicted octanol–water partition coefficient (Wildman–Crippen LogP) is 2.43. The van der Waals surface area contributed by atoms with E-state index < -0.39 is 15.1 Å². The fourth-order valence-corrected chi connectivity index (χ4v) is 4.67. The fraction of sp³-hybridized carbons (Fsp3) is 0.800. The van der Waals surface area contributed by atoms with Crippen molar-refractivity contribution in [3.63, 3.8) is 0 Å². The molecule has 1 unspecified atom stereocenters. The molecule has 1 fully saturated rings. The first-order valence-electron chi connectivity index (χ1n) is 7.31. The monoisotopic (exact) mass is 298 g/mol. The predicted molar refractivity (Wildman–Crippen MR) is 82.0 cm³/mol. The average molecular weight is 298 g/mol. The summed E-state index contributed by atoms with van der Waals surface area (Å²) >= 11 is 0. The smallest absolute Gasteiger partial charge is 0.155 e. The first-order chi connectivity index (χ1) is 9.27. The highest BCUT2D eigenvalue weighted by molar-refractivity contribution is 7.91. The lowest BCUT2D eigenvalue weighted by molar-refractivity contribution is 0.300. The van der Waals surface area contributed by atoms with Crippen LogP contribution in [0.5, 0.6) is 0 Å². The second-order valence-corrected chi connectivity index (χ2v) is 8.20. The van der Waals surface area contributed by atoms with Gasteiger partial charge in [0.05, 0.1) is 11.3 Å². The van der Waals surface area contributed by atoms with Crippen molar-refractivity contribution in [1.29, 1.82) is 5.26 Å². The van der Waals surface area contributed by atoms with E-state index in [1.807, 2.05) is 19.9 Å². The van der Waals surface area contributed by atoms with Crippen molar-refractivity contribution in [2.24, 2.45) is 5.92 Å². The van der Waals surface area contributed by atoms with Crippen molar-refractivity contribution in [3.05, 3.63) is 12.2 Å². The normalized spacial score (nSPS) is 21.7. The number of sulfone groups is 1. The zero-order valence-electron chi connectivity index (χ0n) is 12.7. The Balaban J connectivity index is 2.76. The molecule has 0 saturated heterocycles. The molecule has 0 aromatic heterocycles. The Kier molecular flexibility index (Phi) is 6.22. The lowest BCUT2D eigenvalue weighted by Crippen LogP contribution is -2.46. The van der Waals surface area contributed by atoms with E-state index in [0.29, 0.717) is 6.04 Å². The van der Waals surface area contributed by atoms with Crippen LogP contribution in [-0.2, 0) is 9.84 Å². The number of hydrogen-bond donors (Lipinski definition) is 1. The summed E-state index contributed by atoms with van der Waals surface area (Å²) in [6, 6.07) is 2.42. The van der Waals surface area contributed by atoms with Gasteiger partial charge < -0.3 is 5.32 Å². The molecule has 0 aromatic rings. The first-order valence-corrected chi connectivity index (χ1v) is 9.26. The zero-order chi connectivity index (χ0) is 15.3. The molecule has 1 aliphatic rings. The topological polar surface area (TPSA) is 70.0 Å². The van der Waals surface area contributed by atoms with Gasteiger partial charge in [0.25, 0.3) is 0 Å². The van der Waals surface area contributed by atoms with E-state index in [-0.39, 0.29) is 17.5 Å². The van der Waals surface area contributed by atoms with Crippen LogP contribution >= 0.6 is 0 Å². The molecule has 114 valence electrons. The summed E-state index contributed by atoms with van der Waals surface area (Å²) in [5, 5.41) is 11.7. The average Bonchev–Trinajstić information content (AvgIpc) is 2.38. The number of rotatable bonds is 6. The van der Waals surface area contributed by atoms with Crippen molar-refractivity contribution in [2.45, 2.75) is 63.3 Å². The molecule has 3 atom stereocenters. The Morgan fingerprint density at radius 2 is 1.85 bits per heavy atom. The van der Waals surface area contributed by atoms with Gasteiger partial charge >= 0.3 is 0 Å². The third kappa shape index (κ3) is 4.60. The molecule has 0 amide bonds. The summed E-state index contributed by atoms with van der Waals surface area (Å²) in [6.45, 7) is 7.51. The molecule has 20 heavy (non-hydrogen) atoms. The van der Waals surface area contributed by atoms with Crippen LogP contribution in [0.2, 0.25) is 0 Å². The van der Waals surface area contributed by atoms with Gasteiger partial charge in [-0.15, -0.1) is 0 Å². The van der Waals surface area contributed by atoms with Gasteiger partial charge in [0.15, 0.2) is 9.84 Å². The van der Waals surface area contributed by atoms with Crippen LogP contribution in [0, 0.1) is 17.2 Å². The van der Waals surface area contributed by atoms with Crippen molar-refractivity contribution >= 4 is 9.84 Å². The van der Waals surface area contributed by atoms with Crippen LogP contribution in [-0.4, -0.2) is 32.0 Å². The summed E-state index contributed by atoms with van der Waals surface area (Å²) in [4.78, 5) is 0. The summed E-state index contributed by atoms with van der Waals surface area (Å²) in [5.74, 6) is -0.168. The molecule has 4 nitrogen and oxygen atoms in total. The van der Waals surface area contributed by atoms with Gasteiger partial charge in [-0.25, -0.2) is 8.42 Å². The third-order valence-electron chi connectivity index (χ3n) is 4.32. The Morgan fingerprint density at radius 3 is 2.30 bits per heavy atom. The number of nitriles is 1. The summed E-state index contributed by atoms with van der Waals surface area (Å²) in [6.07, 6.45) is 7.25. The Labute approximate surface area is 123 Å². The molecule has 1 aliphatic carbocycles. The minimum absolute atomic E-state index is 0.0444. The molecule has 1 saturated carbocycles.